The molecule has 0 aromatic heterocycles. The van der Waals surface area contributed by atoms with Gasteiger partial charge in [-0.05, 0) is 26.3 Å². The van der Waals surface area contributed by atoms with Crippen LogP contribution >= 0.6 is 0 Å². The van der Waals surface area contributed by atoms with Gasteiger partial charge in [-0.25, -0.2) is 0 Å². The van der Waals surface area contributed by atoms with E-state index in [1.54, 1.807) is 0 Å². The fraction of sp³-hybridized carbons (Fsp3) is 0.375. The highest BCUT2D eigenvalue weighted by Crippen LogP contribution is 2.05. The molecule has 0 N–H and O–H groups in total. The zero-order chi connectivity index (χ0) is 7.44. The Labute approximate surface area is 56.1 Å². The van der Waals surface area contributed by atoms with Gasteiger partial charge >= 0.3 is 0 Å². The molecule has 0 fully saturated rings. The summed E-state index contributed by atoms with van der Waals surface area (Å²) in [6.07, 6.45) is 1.88. The zero-order valence-electron chi connectivity index (χ0n) is 6.19. The van der Waals surface area contributed by atoms with Crippen LogP contribution in [0.15, 0.2) is 23.8 Å². The molecule has 0 aromatic rings. The van der Waals surface area contributed by atoms with Crippen molar-refractivity contribution in [3.8, 4) is 0 Å². The van der Waals surface area contributed by atoms with E-state index in [4.69, 9.17) is 0 Å². The average molecular weight is 124 g/mol. The van der Waals surface area contributed by atoms with Crippen LogP contribution in [-0.2, 0) is 4.79 Å². The second-order valence-electron chi connectivity index (χ2n) is 2.01. The molecule has 0 atom stereocenters. The molecule has 0 unspecified atom stereocenters. The van der Waals surface area contributed by atoms with Gasteiger partial charge in [-0.3, -0.25) is 4.79 Å². The summed E-state index contributed by atoms with van der Waals surface area (Å²) in [6, 6.07) is 0. The van der Waals surface area contributed by atoms with E-state index in [1.165, 1.54) is 6.92 Å². The summed E-state index contributed by atoms with van der Waals surface area (Å²) in [4.78, 5) is 10.6. The third-order valence-electron chi connectivity index (χ3n) is 1.33. The van der Waals surface area contributed by atoms with E-state index in [0.29, 0.717) is 5.57 Å². The maximum Gasteiger partial charge on any atom is 0.159 e. The average Bonchev–Trinajstić information content (AvgIpc) is 1.84. The Morgan fingerprint density at radius 1 is 1.44 bits per heavy atom. The Morgan fingerprint density at radius 2 is 1.89 bits per heavy atom. The van der Waals surface area contributed by atoms with Crippen molar-refractivity contribution in [3.05, 3.63) is 23.8 Å². The van der Waals surface area contributed by atoms with Crippen LogP contribution < -0.4 is 0 Å². The van der Waals surface area contributed by atoms with Crippen molar-refractivity contribution >= 4 is 5.78 Å². The lowest BCUT2D eigenvalue weighted by atomic mass is 10.1. The Bertz CT molecular complexity index is 163. The predicted octanol–water partition coefficient (Wildman–Crippen LogP) is 2.10. The van der Waals surface area contributed by atoms with Crippen LogP contribution in [-0.4, -0.2) is 5.78 Å². The summed E-state index contributed by atoms with van der Waals surface area (Å²) in [5.74, 6) is 0.0469. The van der Waals surface area contributed by atoms with E-state index in [-0.39, 0.29) is 5.78 Å². The predicted molar refractivity (Wildman–Crippen MR) is 39.3 cm³/mol. The first kappa shape index (κ1) is 8.15. The highest BCUT2D eigenvalue weighted by molar-refractivity contribution is 5.96. The van der Waals surface area contributed by atoms with Crippen molar-refractivity contribution in [2.75, 3.05) is 0 Å². The molecule has 0 saturated heterocycles. The van der Waals surface area contributed by atoms with Crippen LogP contribution in [0.4, 0.5) is 0 Å². The molecule has 0 aliphatic heterocycles. The van der Waals surface area contributed by atoms with Crippen molar-refractivity contribution in [3.63, 3.8) is 0 Å². The van der Waals surface area contributed by atoms with Crippen molar-refractivity contribution in [1.82, 2.24) is 0 Å². The molecule has 0 amide bonds. The van der Waals surface area contributed by atoms with E-state index in [0.717, 1.165) is 5.57 Å². The van der Waals surface area contributed by atoms with Crippen LogP contribution in [0.1, 0.15) is 20.8 Å². The molecule has 0 bridgehead atoms. The number of hydrogen-bond acceptors (Lipinski definition) is 1. The second-order valence-corrected chi connectivity index (χ2v) is 2.01. The summed E-state index contributed by atoms with van der Waals surface area (Å²) >= 11 is 0. The van der Waals surface area contributed by atoms with E-state index in [2.05, 4.69) is 6.58 Å². The van der Waals surface area contributed by atoms with Crippen LogP contribution in [0.3, 0.4) is 0 Å². The molecule has 9 heavy (non-hydrogen) atoms. The molecule has 0 aliphatic rings. The molecule has 0 radical (unpaired) electrons. The van der Waals surface area contributed by atoms with Gasteiger partial charge in [0, 0.05) is 5.57 Å². The minimum atomic E-state index is 0.0469. The van der Waals surface area contributed by atoms with Gasteiger partial charge in [0.15, 0.2) is 5.78 Å². The van der Waals surface area contributed by atoms with Crippen molar-refractivity contribution < 1.29 is 4.79 Å². The number of hydrogen-bond donors (Lipinski definition) is 0. The quantitative estimate of drug-likeness (QED) is 0.407. The van der Waals surface area contributed by atoms with Gasteiger partial charge < -0.3 is 0 Å². The lowest BCUT2D eigenvalue weighted by molar-refractivity contribution is -0.113. The van der Waals surface area contributed by atoms with Gasteiger partial charge in [0.2, 0.25) is 0 Å². The van der Waals surface area contributed by atoms with E-state index in [1.807, 2.05) is 19.9 Å². The van der Waals surface area contributed by atoms with Gasteiger partial charge in [-0.15, -0.1) is 0 Å². The number of ketones is 1. The number of carbonyl (C=O) groups excluding carboxylic acids is 1. The lowest BCUT2D eigenvalue weighted by Crippen LogP contribution is -1.94. The topological polar surface area (TPSA) is 17.1 Å². The van der Waals surface area contributed by atoms with Gasteiger partial charge in [-0.1, -0.05) is 12.7 Å². The number of Topliss-reactive ketones (excluding diaryl/α,β-unsaturated/α-hetero) is 1. The molecule has 0 heterocycles. The molecule has 1 nitrogen and oxygen atoms in total. The zero-order valence-corrected chi connectivity index (χ0v) is 6.19. The molecule has 0 aliphatic carbocycles. The van der Waals surface area contributed by atoms with Crippen LogP contribution in [0, 0.1) is 0 Å². The molecule has 0 aromatic carbocycles. The summed E-state index contributed by atoms with van der Waals surface area (Å²) in [5, 5.41) is 0. The normalized spacial score (nSPS) is 11.2. The van der Waals surface area contributed by atoms with E-state index >= 15 is 0 Å². The molecule has 0 spiro atoms. The fourth-order valence-electron chi connectivity index (χ4n) is 0.452. The smallest absolute Gasteiger partial charge is 0.159 e. The van der Waals surface area contributed by atoms with E-state index < -0.39 is 0 Å². The Balaban J connectivity index is 4.23. The van der Waals surface area contributed by atoms with Crippen molar-refractivity contribution in [1.29, 1.82) is 0 Å². The third kappa shape index (κ3) is 2.27. The molecule has 1 heteroatoms. The molecular weight excluding hydrogens is 112 g/mol. The van der Waals surface area contributed by atoms with Gasteiger partial charge in [0.25, 0.3) is 0 Å². The SMILES string of the molecule is C=C(C(C)=O)/C(C)=C\C. The molecule has 0 saturated carbocycles. The second kappa shape index (κ2) is 3.23. The summed E-state index contributed by atoms with van der Waals surface area (Å²) in [7, 11) is 0. The molecular formula is C8H12O. The first-order valence-electron chi connectivity index (χ1n) is 2.92. The Kier molecular flexibility index (Phi) is 2.93. The van der Waals surface area contributed by atoms with Crippen molar-refractivity contribution in [2.45, 2.75) is 20.8 Å². The lowest BCUT2D eigenvalue weighted by Gasteiger charge is -1.97. The Hall–Kier alpha value is -0.850. The van der Waals surface area contributed by atoms with Crippen LogP contribution in [0.5, 0.6) is 0 Å². The molecule has 50 valence electrons. The molecule has 0 rings (SSSR count). The third-order valence-corrected chi connectivity index (χ3v) is 1.33. The largest absolute Gasteiger partial charge is 0.295 e. The monoisotopic (exact) mass is 124 g/mol. The van der Waals surface area contributed by atoms with Crippen molar-refractivity contribution in [2.24, 2.45) is 0 Å². The fourth-order valence-corrected chi connectivity index (χ4v) is 0.452. The number of allylic oxidation sites excluding steroid dienone is 3. The summed E-state index contributed by atoms with van der Waals surface area (Å²) < 4.78 is 0. The van der Waals surface area contributed by atoms with E-state index in [9.17, 15) is 4.79 Å². The van der Waals surface area contributed by atoms with Crippen LogP contribution in [0.25, 0.3) is 0 Å². The highest BCUT2D eigenvalue weighted by Gasteiger charge is 1.99. The maximum atomic E-state index is 10.6. The van der Waals surface area contributed by atoms with Gasteiger partial charge in [-0.2, -0.15) is 0 Å². The maximum absolute atomic E-state index is 10.6. The van der Waals surface area contributed by atoms with Gasteiger partial charge in [0.1, 0.15) is 0 Å². The highest BCUT2D eigenvalue weighted by atomic mass is 16.1. The minimum Gasteiger partial charge on any atom is -0.295 e. The number of carbonyl (C=O) groups is 1. The van der Waals surface area contributed by atoms with Gasteiger partial charge in [0.05, 0.1) is 0 Å². The first-order chi connectivity index (χ1) is 4.09. The minimum absolute atomic E-state index is 0.0469. The van der Waals surface area contributed by atoms with Crippen LogP contribution in [0.2, 0.25) is 0 Å². The summed E-state index contributed by atoms with van der Waals surface area (Å²) in [5.41, 5.74) is 1.57. The first-order valence-corrected chi connectivity index (χ1v) is 2.92. The standard InChI is InChI=1S/C8H12O/c1-5-6(2)7(3)8(4)9/h5H,3H2,1-2,4H3/b6-5-. The number of rotatable bonds is 2. The Morgan fingerprint density at radius 3 is 2.00 bits per heavy atom. The summed E-state index contributed by atoms with van der Waals surface area (Å²) in [6.45, 7) is 8.90.